The summed E-state index contributed by atoms with van der Waals surface area (Å²) in [6, 6.07) is 3.23. The van der Waals surface area contributed by atoms with E-state index in [1.807, 2.05) is 6.92 Å². The molecule has 0 heterocycles. The third-order valence-corrected chi connectivity index (χ3v) is 2.06. The highest BCUT2D eigenvalue weighted by Gasteiger charge is 2.05. The lowest BCUT2D eigenvalue weighted by Crippen LogP contribution is -2.00. The van der Waals surface area contributed by atoms with Gasteiger partial charge in [0.25, 0.3) is 0 Å². The highest BCUT2D eigenvalue weighted by molar-refractivity contribution is 5.64. The number of halogens is 2. The molecule has 1 aromatic rings. The number of allylic oxidation sites excluding steroid dienone is 4. The van der Waals surface area contributed by atoms with Gasteiger partial charge in [-0.1, -0.05) is 6.08 Å². The molecular weight excluding hydrogens is 222 g/mol. The van der Waals surface area contributed by atoms with Gasteiger partial charge in [-0.15, -0.1) is 0 Å². The van der Waals surface area contributed by atoms with E-state index >= 15 is 0 Å². The zero-order chi connectivity index (χ0) is 12.8. The van der Waals surface area contributed by atoms with Crippen molar-refractivity contribution in [1.29, 1.82) is 0 Å². The van der Waals surface area contributed by atoms with Gasteiger partial charge in [0.15, 0.2) is 0 Å². The van der Waals surface area contributed by atoms with Crippen molar-refractivity contribution in [3.8, 4) is 0 Å². The highest BCUT2D eigenvalue weighted by Crippen LogP contribution is 2.15. The molecule has 0 radical (unpaired) electrons. The van der Waals surface area contributed by atoms with Crippen LogP contribution in [0, 0.1) is 11.6 Å². The number of nitrogens with two attached hydrogens (primary N) is 2. The van der Waals surface area contributed by atoms with Crippen molar-refractivity contribution < 1.29 is 8.78 Å². The SMILES string of the molecule is C\C=C/C(N)=C/C=C(\N)c1ccc(F)cc1F. The van der Waals surface area contributed by atoms with Crippen LogP contribution in [0.2, 0.25) is 0 Å². The second kappa shape index (κ2) is 5.84. The average Bonchev–Trinajstić information content (AvgIpc) is 2.26. The molecule has 90 valence electrons. The van der Waals surface area contributed by atoms with Crippen LogP contribution in [0.1, 0.15) is 12.5 Å². The molecule has 0 aliphatic rings. The Hall–Kier alpha value is -2.10. The molecule has 4 heteroatoms. The molecule has 0 fully saturated rings. The van der Waals surface area contributed by atoms with Gasteiger partial charge in [-0.2, -0.15) is 0 Å². The van der Waals surface area contributed by atoms with E-state index in [0.29, 0.717) is 5.70 Å². The average molecular weight is 236 g/mol. The molecule has 0 bridgehead atoms. The number of hydrogen-bond acceptors (Lipinski definition) is 2. The predicted molar refractivity (Wildman–Crippen MR) is 65.6 cm³/mol. The van der Waals surface area contributed by atoms with Crippen molar-refractivity contribution in [3.63, 3.8) is 0 Å². The molecule has 0 aliphatic carbocycles. The van der Waals surface area contributed by atoms with Crippen LogP contribution >= 0.6 is 0 Å². The summed E-state index contributed by atoms with van der Waals surface area (Å²) in [7, 11) is 0. The first kappa shape index (κ1) is 13.0. The summed E-state index contributed by atoms with van der Waals surface area (Å²) in [6.07, 6.45) is 6.49. The number of benzene rings is 1. The molecule has 0 saturated heterocycles. The molecule has 0 saturated carbocycles. The molecule has 0 amide bonds. The van der Waals surface area contributed by atoms with E-state index in [0.717, 1.165) is 12.1 Å². The van der Waals surface area contributed by atoms with Crippen LogP contribution in [-0.4, -0.2) is 0 Å². The Kier molecular flexibility index (Phi) is 4.46. The maximum absolute atomic E-state index is 13.3. The lowest BCUT2D eigenvalue weighted by molar-refractivity contribution is 0.581. The summed E-state index contributed by atoms with van der Waals surface area (Å²) in [5.41, 5.74) is 12.1. The van der Waals surface area contributed by atoms with E-state index < -0.39 is 11.6 Å². The van der Waals surface area contributed by atoms with Crippen LogP contribution in [-0.2, 0) is 0 Å². The lowest BCUT2D eigenvalue weighted by atomic mass is 10.1. The van der Waals surface area contributed by atoms with Gasteiger partial charge in [0.2, 0.25) is 0 Å². The largest absolute Gasteiger partial charge is 0.399 e. The van der Waals surface area contributed by atoms with Gasteiger partial charge in [-0.05, 0) is 37.3 Å². The summed E-state index contributed by atoms with van der Waals surface area (Å²) in [5.74, 6) is -1.33. The Morgan fingerprint density at radius 2 is 1.88 bits per heavy atom. The summed E-state index contributed by atoms with van der Waals surface area (Å²) in [6.45, 7) is 1.83. The Bertz CT molecular complexity index is 488. The zero-order valence-corrected chi connectivity index (χ0v) is 9.45. The lowest BCUT2D eigenvalue weighted by Gasteiger charge is -2.02. The predicted octanol–water partition coefficient (Wildman–Crippen LogP) is 2.68. The fourth-order valence-electron chi connectivity index (χ4n) is 1.25. The first-order chi connectivity index (χ1) is 8.04. The standard InChI is InChI=1S/C13H14F2N2/c1-2-3-10(16)5-7-13(17)11-6-4-9(14)8-12(11)15/h2-8H,16-17H2,1H3/b3-2-,10-5-,13-7-. The molecular formula is C13H14F2N2. The third-order valence-electron chi connectivity index (χ3n) is 2.06. The second-order valence-corrected chi connectivity index (χ2v) is 3.41. The van der Waals surface area contributed by atoms with Gasteiger partial charge in [-0.25, -0.2) is 8.78 Å². The highest BCUT2D eigenvalue weighted by atomic mass is 19.1. The normalized spacial score (nSPS) is 13.4. The summed E-state index contributed by atoms with van der Waals surface area (Å²) < 4.78 is 26.0. The van der Waals surface area contributed by atoms with Crippen LogP contribution in [0.15, 0.2) is 48.2 Å². The van der Waals surface area contributed by atoms with Crippen LogP contribution in [0.25, 0.3) is 5.70 Å². The summed E-state index contributed by atoms with van der Waals surface area (Å²) >= 11 is 0. The molecule has 2 nitrogen and oxygen atoms in total. The third kappa shape index (κ3) is 3.75. The molecule has 0 aliphatic heterocycles. The molecule has 0 aromatic heterocycles. The smallest absolute Gasteiger partial charge is 0.135 e. The van der Waals surface area contributed by atoms with Gasteiger partial charge in [-0.3, -0.25) is 0 Å². The monoisotopic (exact) mass is 236 g/mol. The molecule has 1 rings (SSSR count). The van der Waals surface area contributed by atoms with E-state index in [1.165, 1.54) is 12.1 Å². The fourth-order valence-corrected chi connectivity index (χ4v) is 1.25. The topological polar surface area (TPSA) is 52.0 Å². The Labute approximate surface area is 98.9 Å². The minimum Gasteiger partial charge on any atom is -0.399 e. The minimum atomic E-state index is -0.697. The Morgan fingerprint density at radius 1 is 1.18 bits per heavy atom. The van der Waals surface area contributed by atoms with Gasteiger partial charge in [0.1, 0.15) is 11.6 Å². The molecule has 0 spiro atoms. The number of hydrogen-bond donors (Lipinski definition) is 2. The summed E-state index contributed by atoms with van der Waals surface area (Å²) in [4.78, 5) is 0. The van der Waals surface area contributed by atoms with Crippen LogP contribution in [0.4, 0.5) is 8.78 Å². The van der Waals surface area contributed by atoms with E-state index in [2.05, 4.69) is 0 Å². The first-order valence-corrected chi connectivity index (χ1v) is 5.05. The fraction of sp³-hybridized carbons (Fsp3) is 0.0769. The van der Waals surface area contributed by atoms with Gasteiger partial charge in [0, 0.05) is 23.0 Å². The van der Waals surface area contributed by atoms with E-state index in [-0.39, 0.29) is 11.3 Å². The quantitative estimate of drug-likeness (QED) is 0.793. The maximum Gasteiger partial charge on any atom is 0.135 e. The van der Waals surface area contributed by atoms with E-state index in [4.69, 9.17) is 11.5 Å². The van der Waals surface area contributed by atoms with Crippen molar-refractivity contribution in [1.82, 2.24) is 0 Å². The molecule has 17 heavy (non-hydrogen) atoms. The van der Waals surface area contributed by atoms with Crippen LogP contribution in [0.5, 0.6) is 0 Å². The molecule has 1 aromatic carbocycles. The molecule has 4 N–H and O–H groups in total. The van der Waals surface area contributed by atoms with Crippen molar-refractivity contribution >= 4 is 5.70 Å². The maximum atomic E-state index is 13.3. The van der Waals surface area contributed by atoms with E-state index in [9.17, 15) is 8.78 Å². The van der Waals surface area contributed by atoms with Crippen molar-refractivity contribution in [2.75, 3.05) is 0 Å². The van der Waals surface area contributed by atoms with Crippen LogP contribution in [0.3, 0.4) is 0 Å². The van der Waals surface area contributed by atoms with Crippen molar-refractivity contribution in [2.45, 2.75) is 6.92 Å². The first-order valence-electron chi connectivity index (χ1n) is 5.05. The van der Waals surface area contributed by atoms with Gasteiger partial charge >= 0.3 is 0 Å². The Balaban J connectivity index is 3.00. The Morgan fingerprint density at radius 3 is 2.47 bits per heavy atom. The molecule has 0 unspecified atom stereocenters. The van der Waals surface area contributed by atoms with Crippen molar-refractivity contribution in [2.24, 2.45) is 11.5 Å². The van der Waals surface area contributed by atoms with Crippen molar-refractivity contribution in [3.05, 3.63) is 65.4 Å². The van der Waals surface area contributed by atoms with E-state index in [1.54, 1.807) is 18.2 Å². The number of rotatable bonds is 3. The van der Waals surface area contributed by atoms with Gasteiger partial charge < -0.3 is 11.5 Å². The van der Waals surface area contributed by atoms with Crippen LogP contribution < -0.4 is 11.5 Å². The second-order valence-electron chi connectivity index (χ2n) is 3.41. The zero-order valence-electron chi connectivity index (χ0n) is 9.45. The summed E-state index contributed by atoms with van der Waals surface area (Å²) in [5, 5.41) is 0. The molecule has 0 atom stereocenters. The van der Waals surface area contributed by atoms with Gasteiger partial charge in [0.05, 0.1) is 0 Å². The minimum absolute atomic E-state index is 0.149.